The Morgan fingerprint density at radius 3 is 2.95 bits per heavy atom. The van der Waals surface area contributed by atoms with Gasteiger partial charge in [-0.1, -0.05) is 6.07 Å². The summed E-state index contributed by atoms with van der Waals surface area (Å²) in [4.78, 5) is 7.61. The first-order chi connectivity index (χ1) is 10.8. The molecule has 2 aromatic heterocycles. The van der Waals surface area contributed by atoms with Gasteiger partial charge in [0.2, 0.25) is 0 Å². The Hall–Kier alpha value is -2.33. The predicted molar refractivity (Wildman–Crippen MR) is 88.0 cm³/mol. The number of fused-ring (bicyclic) bond motifs is 1. The van der Waals surface area contributed by atoms with Crippen molar-refractivity contribution >= 4 is 10.9 Å². The quantitative estimate of drug-likeness (QED) is 0.685. The zero-order chi connectivity index (χ0) is 15.4. The average molecular weight is 296 g/mol. The first-order valence-electron chi connectivity index (χ1n) is 7.63. The summed E-state index contributed by atoms with van der Waals surface area (Å²) in [6.07, 6.45) is 4.78. The van der Waals surface area contributed by atoms with Gasteiger partial charge in [-0.15, -0.1) is 0 Å². The normalized spacial score (nSPS) is 11.0. The molecule has 0 aliphatic rings. The molecule has 4 heteroatoms. The number of hydrogen-bond acceptors (Lipinski definition) is 2. The largest absolute Gasteiger partial charge is 0.497 e. The Kier molecular flexibility index (Phi) is 4.39. The molecule has 0 unspecified atom stereocenters. The van der Waals surface area contributed by atoms with E-state index in [4.69, 9.17) is 4.74 Å². The molecular weight excluding hydrogens is 274 g/mol. The van der Waals surface area contributed by atoms with Crippen LogP contribution in [-0.2, 0) is 13.0 Å². The van der Waals surface area contributed by atoms with Crippen molar-refractivity contribution < 1.29 is 10.1 Å². The minimum absolute atomic E-state index is 0.909. The molecule has 0 spiro atoms. The minimum atomic E-state index is 0.909. The summed E-state index contributed by atoms with van der Waals surface area (Å²) in [7, 11) is 1.71. The first kappa shape index (κ1) is 14.6. The number of hydrogen-bond donors (Lipinski definition) is 2. The molecule has 0 atom stereocenters. The maximum atomic E-state index is 5.34. The lowest BCUT2D eigenvalue weighted by Gasteiger charge is -2.04. The summed E-state index contributed by atoms with van der Waals surface area (Å²) in [5, 5.41) is 3.60. The molecule has 114 valence electrons. The summed E-state index contributed by atoms with van der Waals surface area (Å²) < 4.78 is 5.34. The zero-order valence-electron chi connectivity index (χ0n) is 13.1. The summed E-state index contributed by atoms with van der Waals surface area (Å²) in [6.45, 7) is 4.17. The molecule has 0 saturated heterocycles. The van der Waals surface area contributed by atoms with Crippen LogP contribution in [0, 0.1) is 6.92 Å². The summed E-state index contributed by atoms with van der Waals surface area (Å²) in [5.74, 6) is 0.909. The second-order valence-electron chi connectivity index (χ2n) is 5.53. The van der Waals surface area contributed by atoms with Crippen molar-refractivity contribution in [3.63, 3.8) is 0 Å². The average Bonchev–Trinajstić information content (AvgIpc) is 2.87. The molecule has 3 rings (SSSR count). The van der Waals surface area contributed by atoms with E-state index in [2.05, 4.69) is 40.4 Å². The lowest BCUT2D eigenvalue weighted by molar-refractivity contribution is -0.670. The van der Waals surface area contributed by atoms with Gasteiger partial charge in [0.05, 0.1) is 13.7 Å². The van der Waals surface area contributed by atoms with E-state index in [-0.39, 0.29) is 0 Å². The van der Waals surface area contributed by atoms with Gasteiger partial charge in [-0.25, -0.2) is 0 Å². The van der Waals surface area contributed by atoms with Crippen LogP contribution in [0.2, 0.25) is 0 Å². The fourth-order valence-corrected chi connectivity index (χ4v) is 2.84. The molecule has 1 aromatic carbocycles. The van der Waals surface area contributed by atoms with Crippen molar-refractivity contribution in [2.24, 2.45) is 0 Å². The predicted octanol–water partition coefficient (Wildman–Crippen LogP) is 2.19. The zero-order valence-corrected chi connectivity index (χ0v) is 13.1. The lowest BCUT2D eigenvalue weighted by Crippen LogP contribution is -2.83. The van der Waals surface area contributed by atoms with E-state index in [0.717, 1.165) is 25.3 Å². The van der Waals surface area contributed by atoms with Crippen LogP contribution in [0.15, 0.2) is 42.7 Å². The fraction of sp³-hybridized carbons (Fsp3) is 0.278. The van der Waals surface area contributed by atoms with Crippen LogP contribution in [0.1, 0.15) is 16.8 Å². The SMILES string of the molecule is COc1ccc2[nH]c(C)c(CC[NH2+]Cc3cccnc3)c2c1. The number of pyridine rings is 1. The Morgan fingerprint density at radius 1 is 1.27 bits per heavy atom. The number of aromatic nitrogens is 2. The summed E-state index contributed by atoms with van der Waals surface area (Å²) in [5.41, 5.74) is 5.08. The number of benzene rings is 1. The first-order valence-corrected chi connectivity index (χ1v) is 7.63. The van der Waals surface area contributed by atoms with Crippen LogP contribution in [-0.4, -0.2) is 23.6 Å². The molecule has 0 fully saturated rings. The molecule has 0 saturated carbocycles. The van der Waals surface area contributed by atoms with Crippen LogP contribution in [0.5, 0.6) is 5.75 Å². The number of H-pyrrole nitrogens is 1. The highest BCUT2D eigenvalue weighted by molar-refractivity contribution is 5.86. The second-order valence-corrected chi connectivity index (χ2v) is 5.53. The Morgan fingerprint density at radius 2 is 2.18 bits per heavy atom. The van der Waals surface area contributed by atoms with Crippen LogP contribution in [0.25, 0.3) is 10.9 Å². The number of methoxy groups -OCH3 is 1. The highest BCUT2D eigenvalue weighted by atomic mass is 16.5. The van der Waals surface area contributed by atoms with E-state index < -0.39 is 0 Å². The molecule has 3 aromatic rings. The maximum absolute atomic E-state index is 5.34. The van der Waals surface area contributed by atoms with E-state index in [9.17, 15) is 0 Å². The monoisotopic (exact) mass is 296 g/mol. The highest BCUT2D eigenvalue weighted by Crippen LogP contribution is 2.26. The lowest BCUT2D eigenvalue weighted by atomic mass is 10.1. The molecule has 0 bridgehead atoms. The van der Waals surface area contributed by atoms with Gasteiger partial charge in [0.25, 0.3) is 0 Å². The van der Waals surface area contributed by atoms with Gasteiger partial charge in [-0.05, 0) is 36.8 Å². The smallest absolute Gasteiger partial charge is 0.119 e. The molecule has 2 heterocycles. The van der Waals surface area contributed by atoms with Crippen molar-refractivity contribution in [1.82, 2.24) is 9.97 Å². The van der Waals surface area contributed by atoms with Crippen LogP contribution < -0.4 is 10.1 Å². The van der Waals surface area contributed by atoms with Crippen molar-refractivity contribution in [3.05, 3.63) is 59.5 Å². The van der Waals surface area contributed by atoms with Crippen molar-refractivity contribution in [2.75, 3.05) is 13.7 Å². The highest BCUT2D eigenvalue weighted by Gasteiger charge is 2.10. The number of quaternary nitrogens is 1. The molecule has 4 nitrogen and oxygen atoms in total. The number of nitrogens with one attached hydrogen (secondary N) is 1. The van der Waals surface area contributed by atoms with Gasteiger partial charge >= 0.3 is 0 Å². The standard InChI is InChI=1S/C18H21N3O/c1-13-16(7-9-20-12-14-4-3-8-19-11-14)17-10-15(22-2)5-6-18(17)21-13/h3-6,8,10-11,20-21H,7,9,12H2,1-2H3/p+1. The number of aromatic amines is 1. The molecule has 3 N–H and O–H groups in total. The van der Waals surface area contributed by atoms with Gasteiger partial charge < -0.3 is 15.0 Å². The van der Waals surface area contributed by atoms with E-state index in [0.29, 0.717) is 0 Å². The molecule has 0 aliphatic heterocycles. The number of rotatable bonds is 6. The number of nitrogens with zero attached hydrogens (tertiary/aromatic N) is 1. The number of ether oxygens (including phenoxy) is 1. The molecule has 22 heavy (non-hydrogen) atoms. The molecule has 0 radical (unpaired) electrons. The van der Waals surface area contributed by atoms with Gasteiger partial charge in [-0.2, -0.15) is 0 Å². The van der Waals surface area contributed by atoms with Crippen molar-refractivity contribution in [3.8, 4) is 5.75 Å². The summed E-state index contributed by atoms with van der Waals surface area (Å²) >= 11 is 0. The minimum Gasteiger partial charge on any atom is -0.497 e. The van der Waals surface area contributed by atoms with Crippen molar-refractivity contribution in [1.29, 1.82) is 0 Å². The summed E-state index contributed by atoms with van der Waals surface area (Å²) in [6, 6.07) is 10.3. The van der Waals surface area contributed by atoms with Gasteiger partial charge in [0.15, 0.2) is 0 Å². The van der Waals surface area contributed by atoms with Crippen LogP contribution in [0.4, 0.5) is 0 Å². The second kappa shape index (κ2) is 6.62. The van der Waals surface area contributed by atoms with E-state index in [1.165, 1.54) is 27.7 Å². The molecule has 0 aliphatic carbocycles. The van der Waals surface area contributed by atoms with E-state index >= 15 is 0 Å². The fourth-order valence-electron chi connectivity index (χ4n) is 2.84. The third-order valence-corrected chi connectivity index (χ3v) is 4.03. The van der Waals surface area contributed by atoms with E-state index in [1.54, 1.807) is 7.11 Å². The Labute approximate surface area is 130 Å². The van der Waals surface area contributed by atoms with Crippen LogP contribution >= 0.6 is 0 Å². The number of aryl methyl sites for hydroxylation is 1. The van der Waals surface area contributed by atoms with Crippen LogP contribution in [0.3, 0.4) is 0 Å². The topological polar surface area (TPSA) is 54.5 Å². The van der Waals surface area contributed by atoms with Gasteiger partial charge in [-0.3, -0.25) is 4.98 Å². The maximum Gasteiger partial charge on any atom is 0.119 e. The van der Waals surface area contributed by atoms with Gasteiger partial charge in [0.1, 0.15) is 12.3 Å². The molecule has 0 amide bonds. The van der Waals surface area contributed by atoms with Gasteiger partial charge in [0, 0.05) is 41.0 Å². The van der Waals surface area contributed by atoms with E-state index in [1.807, 2.05) is 24.5 Å². The third-order valence-electron chi connectivity index (χ3n) is 4.03. The third kappa shape index (κ3) is 3.12. The Bertz CT molecular complexity index is 750. The van der Waals surface area contributed by atoms with Crippen molar-refractivity contribution in [2.45, 2.75) is 19.9 Å². The number of nitrogens with two attached hydrogens (primary N) is 1. The molecular formula is C18H22N3O+. The Balaban J connectivity index is 1.67.